The number of carbonyl (C=O) groups excluding carboxylic acids is 2. The molecule has 1 aliphatic rings. The van der Waals surface area contributed by atoms with Gasteiger partial charge in [0.1, 0.15) is 5.69 Å². The molecule has 1 N–H and O–H groups in total. The van der Waals surface area contributed by atoms with E-state index in [4.69, 9.17) is 0 Å². The third-order valence-corrected chi connectivity index (χ3v) is 4.89. The zero-order valence-electron chi connectivity index (χ0n) is 16.0. The van der Waals surface area contributed by atoms with E-state index in [0.29, 0.717) is 37.7 Å². The summed E-state index contributed by atoms with van der Waals surface area (Å²) in [4.78, 5) is 33.0. The molecule has 3 rings (SSSR count). The lowest BCUT2D eigenvalue weighted by Gasteiger charge is -2.25. The minimum absolute atomic E-state index is 0.109. The topological polar surface area (TPSA) is 70.5 Å². The van der Waals surface area contributed by atoms with Gasteiger partial charge in [-0.05, 0) is 19.0 Å². The summed E-state index contributed by atoms with van der Waals surface area (Å²) in [6.45, 7) is 9.10. The molecule has 2 amide bonds. The van der Waals surface area contributed by atoms with Crippen LogP contribution in [0.2, 0.25) is 0 Å². The van der Waals surface area contributed by atoms with E-state index in [-0.39, 0.29) is 11.8 Å². The molecule has 1 aliphatic heterocycles. The Balaban J connectivity index is 1.53. The van der Waals surface area contributed by atoms with Gasteiger partial charge in [-0.3, -0.25) is 14.5 Å². The molecule has 0 bridgehead atoms. The van der Waals surface area contributed by atoms with Gasteiger partial charge in [-0.25, -0.2) is 4.98 Å². The lowest BCUT2D eigenvalue weighted by molar-refractivity contribution is 0.0707. The monoisotopic (exact) mass is 369 g/mol. The van der Waals surface area contributed by atoms with Crippen LogP contribution in [0.15, 0.2) is 36.5 Å². The van der Waals surface area contributed by atoms with Crippen LogP contribution in [0.25, 0.3) is 0 Å². The Morgan fingerprint density at radius 3 is 2.70 bits per heavy atom. The summed E-state index contributed by atoms with van der Waals surface area (Å²) in [5.41, 5.74) is 1.56. The highest BCUT2D eigenvalue weighted by molar-refractivity contribution is 5.96. The van der Waals surface area contributed by atoms with Crippen molar-refractivity contribution < 1.29 is 9.59 Å². The minimum atomic E-state index is -0.233. The molecular weight excluding hydrogens is 342 g/mol. The Morgan fingerprint density at radius 2 is 2.00 bits per heavy atom. The zero-order chi connectivity index (χ0) is 19.2. The lowest BCUT2D eigenvalue weighted by atomic mass is 10.2. The molecule has 0 unspecified atom stereocenters. The number of aromatic nitrogens is 2. The van der Waals surface area contributed by atoms with E-state index >= 15 is 0 Å². The number of rotatable bonds is 8. The minimum Gasteiger partial charge on any atom is -0.349 e. The molecule has 0 saturated carbocycles. The average Bonchev–Trinajstić information content (AvgIpc) is 3.13. The smallest absolute Gasteiger partial charge is 0.289 e. The van der Waals surface area contributed by atoms with Gasteiger partial charge in [0, 0.05) is 45.5 Å². The van der Waals surface area contributed by atoms with E-state index in [1.165, 1.54) is 5.56 Å². The van der Waals surface area contributed by atoms with Crippen molar-refractivity contribution in [3.05, 3.63) is 53.6 Å². The van der Waals surface area contributed by atoms with Gasteiger partial charge in [-0.2, -0.15) is 0 Å². The molecule has 7 nitrogen and oxygen atoms in total. The summed E-state index contributed by atoms with van der Waals surface area (Å²) in [6.07, 6.45) is 1.68. The molecule has 0 fully saturated rings. The first-order chi connectivity index (χ1) is 13.1. The van der Waals surface area contributed by atoms with Gasteiger partial charge < -0.3 is 14.8 Å². The number of hydrogen-bond acceptors (Lipinski definition) is 4. The Hall–Kier alpha value is -2.67. The molecule has 2 heterocycles. The molecule has 0 saturated heterocycles. The number of hydrogen-bond donors (Lipinski definition) is 1. The van der Waals surface area contributed by atoms with Crippen LogP contribution in [0, 0.1) is 0 Å². The third-order valence-electron chi connectivity index (χ3n) is 4.89. The van der Waals surface area contributed by atoms with Crippen LogP contribution < -0.4 is 5.32 Å². The van der Waals surface area contributed by atoms with E-state index in [1.54, 1.807) is 15.7 Å². The van der Waals surface area contributed by atoms with Crippen molar-refractivity contribution in [2.45, 2.75) is 26.9 Å². The predicted molar refractivity (Wildman–Crippen MR) is 104 cm³/mol. The van der Waals surface area contributed by atoms with Crippen LogP contribution in [0.4, 0.5) is 0 Å². The van der Waals surface area contributed by atoms with E-state index in [1.807, 2.05) is 25.1 Å². The first kappa shape index (κ1) is 19.1. The first-order valence-corrected chi connectivity index (χ1v) is 9.53. The Bertz CT molecular complexity index is 787. The summed E-state index contributed by atoms with van der Waals surface area (Å²) >= 11 is 0. The normalized spacial score (nSPS) is 13.7. The van der Waals surface area contributed by atoms with Crippen LogP contribution in [-0.2, 0) is 13.1 Å². The second kappa shape index (κ2) is 8.81. The van der Waals surface area contributed by atoms with Gasteiger partial charge >= 0.3 is 0 Å². The van der Waals surface area contributed by atoms with Crippen LogP contribution in [0.1, 0.15) is 40.5 Å². The van der Waals surface area contributed by atoms with Crippen molar-refractivity contribution in [1.29, 1.82) is 0 Å². The van der Waals surface area contributed by atoms with Crippen LogP contribution >= 0.6 is 0 Å². The first-order valence-electron chi connectivity index (χ1n) is 9.53. The molecule has 0 atom stereocenters. The summed E-state index contributed by atoms with van der Waals surface area (Å²) < 4.78 is 1.77. The van der Waals surface area contributed by atoms with Crippen molar-refractivity contribution in [3.8, 4) is 0 Å². The van der Waals surface area contributed by atoms with Gasteiger partial charge in [-0.15, -0.1) is 0 Å². The van der Waals surface area contributed by atoms with Crippen molar-refractivity contribution in [2.75, 3.05) is 32.7 Å². The van der Waals surface area contributed by atoms with Gasteiger partial charge in [0.2, 0.25) is 0 Å². The predicted octanol–water partition coefficient (Wildman–Crippen LogP) is 1.61. The number of nitrogens with zero attached hydrogens (tertiary/aromatic N) is 4. The van der Waals surface area contributed by atoms with Crippen molar-refractivity contribution >= 4 is 11.8 Å². The van der Waals surface area contributed by atoms with E-state index < -0.39 is 0 Å². The van der Waals surface area contributed by atoms with Crippen LogP contribution in [-0.4, -0.2) is 63.9 Å². The number of nitrogens with one attached hydrogen (secondary N) is 1. The number of carbonyl (C=O) groups is 2. The fourth-order valence-electron chi connectivity index (χ4n) is 3.25. The van der Waals surface area contributed by atoms with Gasteiger partial charge in [0.25, 0.3) is 11.8 Å². The molecule has 144 valence electrons. The molecule has 1 aromatic carbocycles. The van der Waals surface area contributed by atoms with E-state index in [9.17, 15) is 9.59 Å². The number of imidazole rings is 1. The van der Waals surface area contributed by atoms with Crippen LogP contribution in [0.3, 0.4) is 0 Å². The standard InChI is InChI=1S/C20H27N5O2/c1-3-23(14-16-8-6-5-7-9-16)11-10-21-19(26)17-15-25-13-12-24(4-2)20(27)18(25)22-17/h5-9,15H,3-4,10-14H2,1-2H3,(H,21,26). The average molecular weight is 369 g/mol. The highest BCUT2D eigenvalue weighted by Gasteiger charge is 2.27. The fraction of sp³-hybridized carbons (Fsp3) is 0.450. The summed E-state index contributed by atoms with van der Waals surface area (Å²) in [5, 5.41) is 2.92. The molecule has 0 radical (unpaired) electrons. The molecule has 1 aromatic heterocycles. The van der Waals surface area contributed by atoms with E-state index in [0.717, 1.165) is 19.6 Å². The Kier molecular flexibility index (Phi) is 6.24. The maximum Gasteiger partial charge on any atom is 0.289 e. The zero-order valence-corrected chi connectivity index (χ0v) is 16.0. The summed E-state index contributed by atoms with van der Waals surface area (Å²) in [6, 6.07) is 10.3. The Morgan fingerprint density at radius 1 is 1.22 bits per heavy atom. The molecule has 7 heteroatoms. The highest BCUT2D eigenvalue weighted by Crippen LogP contribution is 2.12. The largest absolute Gasteiger partial charge is 0.349 e. The quantitative estimate of drug-likeness (QED) is 0.767. The fourth-order valence-corrected chi connectivity index (χ4v) is 3.25. The molecule has 27 heavy (non-hydrogen) atoms. The summed E-state index contributed by atoms with van der Waals surface area (Å²) in [7, 11) is 0. The van der Waals surface area contributed by atoms with Gasteiger partial charge in [0.05, 0.1) is 0 Å². The number of likely N-dealkylation sites (N-methyl/N-ethyl adjacent to an activating group) is 2. The van der Waals surface area contributed by atoms with Crippen molar-refractivity contribution in [3.63, 3.8) is 0 Å². The second-order valence-corrected chi connectivity index (χ2v) is 6.64. The Labute approximate surface area is 160 Å². The third kappa shape index (κ3) is 4.54. The van der Waals surface area contributed by atoms with Gasteiger partial charge in [-0.1, -0.05) is 37.3 Å². The van der Waals surface area contributed by atoms with Crippen molar-refractivity contribution in [2.24, 2.45) is 0 Å². The lowest BCUT2D eigenvalue weighted by Crippen LogP contribution is -2.40. The maximum absolute atomic E-state index is 12.4. The molecular formula is C20H27N5O2. The van der Waals surface area contributed by atoms with E-state index in [2.05, 4.69) is 34.3 Å². The number of fused-ring (bicyclic) bond motifs is 1. The number of benzene rings is 1. The molecule has 0 aliphatic carbocycles. The second-order valence-electron chi connectivity index (χ2n) is 6.64. The molecule has 0 spiro atoms. The van der Waals surface area contributed by atoms with Crippen molar-refractivity contribution in [1.82, 2.24) is 24.7 Å². The number of amides is 2. The van der Waals surface area contributed by atoms with Crippen LogP contribution in [0.5, 0.6) is 0 Å². The SMILES string of the molecule is CCN(CCNC(=O)c1cn2c(n1)C(=O)N(CC)CC2)Cc1ccccc1. The van der Waals surface area contributed by atoms with Gasteiger partial charge in [0.15, 0.2) is 5.82 Å². The molecule has 2 aromatic rings. The maximum atomic E-state index is 12.4. The highest BCUT2D eigenvalue weighted by atomic mass is 16.2. The summed E-state index contributed by atoms with van der Waals surface area (Å²) in [5.74, 6) is 0.0128.